The third kappa shape index (κ3) is 2.36. The van der Waals surface area contributed by atoms with Crippen molar-refractivity contribution in [1.29, 1.82) is 0 Å². The van der Waals surface area contributed by atoms with Crippen LogP contribution in [0.2, 0.25) is 0 Å². The summed E-state index contributed by atoms with van der Waals surface area (Å²) in [5, 5.41) is 0. The maximum Gasteiger partial charge on any atom is 0.167 e. The number of ketones is 1. The van der Waals surface area contributed by atoms with Gasteiger partial charge in [-0.1, -0.05) is 12.8 Å². The molecule has 108 valence electrons. The van der Waals surface area contributed by atoms with E-state index in [0.717, 1.165) is 58.0 Å². The minimum Gasteiger partial charge on any atom is -0.375 e. The molecule has 1 saturated heterocycles. The van der Waals surface area contributed by atoms with Crippen LogP contribution >= 0.6 is 0 Å². The van der Waals surface area contributed by atoms with E-state index >= 15 is 0 Å². The van der Waals surface area contributed by atoms with E-state index in [0.29, 0.717) is 5.78 Å². The SMILES string of the molecule is COC1(C(=O)C2CCOC3(CCCC3)C2)CCCC1. The molecule has 0 radical (unpaired) electrons. The van der Waals surface area contributed by atoms with E-state index in [4.69, 9.17) is 9.47 Å². The average molecular weight is 266 g/mol. The van der Waals surface area contributed by atoms with Crippen molar-refractivity contribution < 1.29 is 14.3 Å². The standard InChI is InChI=1S/C16H26O3/c1-18-16(9-4-5-10-16)14(17)13-6-11-19-15(12-13)7-2-3-8-15/h13H,2-12H2,1H3. The second-order valence-electron chi connectivity index (χ2n) is 6.70. The molecule has 1 spiro atoms. The molecule has 1 aliphatic heterocycles. The average Bonchev–Trinajstić information content (AvgIpc) is 3.08. The van der Waals surface area contributed by atoms with Crippen molar-refractivity contribution in [2.24, 2.45) is 5.92 Å². The second-order valence-corrected chi connectivity index (χ2v) is 6.70. The normalized spacial score (nSPS) is 32.8. The van der Waals surface area contributed by atoms with Crippen molar-refractivity contribution in [3.05, 3.63) is 0 Å². The minimum absolute atomic E-state index is 0.0338. The summed E-state index contributed by atoms with van der Waals surface area (Å²) >= 11 is 0. The number of methoxy groups -OCH3 is 1. The summed E-state index contributed by atoms with van der Waals surface area (Å²) in [7, 11) is 1.72. The van der Waals surface area contributed by atoms with E-state index < -0.39 is 5.60 Å². The number of hydrogen-bond donors (Lipinski definition) is 0. The first-order valence-electron chi connectivity index (χ1n) is 7.93. The van der Waals surface area contributed by atoms with Crippen LogP contribution in [0.3, 0.4) is 0 Å². The van der Waals surface area contributed by atoms with Gasteiger partial charge in [0.15, 0.2) is 5.78 Å². The molecule has 3 rings (SSSR count). The van der Waals surface area contributed by atoms with Crippen LogP contribution in [-0.2, 0) is 14.3 Å². The van der Waals surface area contributed by atoms with Crippen LogP contribution < -0.4 is 0 Å². The molecule has 3 aliphatic rings. The molecule has 2 aliphatic carbocycles. The Kier molecular flexibility index (Phi) is 3.69. The lowest BCUT2D eigenvalue weighted by molar-refractivity contribution is -0.156. The maximum absolute atomic E-state index is 12.9. The lowest BCUT2D eigenvalue weighted by Gasteiger charge is -2.40. The lowest BCUT2D eigenvalue weighted by atomic mass is 9.77. The fraction of sp³-hybridized carbons (Fsp3) is 0.938. The molecule has 0 aromatic carbocycles. The number of carbonyl (C=O) groups excluding carboxylic acids is 1. The number of rotatable bonds is 3. The Labute approximate surface area is 116 Å². The van der Waals surface area contributed by atoms with Crippen molar-refractivity contribution in [3.63, 3.8) is 0 Å². The molecular formula is C16H26O3. The molecule has 3 fully saturated rings. The zero-order chi connectivity index (χ0) is 13.3. The maximum atomic E-state index is 12.9. The minimum atomic E-state index is -0.457. The van der Waals surface area contributed by atoms with E-state index in [9.17, 15) is 4.79 Å². The van der Waals surface area contributed by atoms with Gasteiger partial charge in [-0.05, 0) is 51.4 Å². The molecule has 3 nitrogen and oxygen atoms in total. The van der Waals surface area contributed by atoms with E-state index in [1.807, 2.05) is 0 Å². The van der Waals surface area contributed by atoms with Gasteiger partial charge in [0, 0.05) is 19.6 Å². The summed E-state index contributed by atoms with van der Waals surface area (Å²) in [6.45, 7) is 0.760. The topological polar surface area (TPSA) is 35.5 Å². The van der Waals surface area contributed by atoms with Gasteiger partial charge in [0.05, 0.1) is 5.60 Å². The Hall–Kier alpha value is -0.410. The Morgan fingerprint density at radius 2 is 1.74 bits per heavy atom. The Balaban J connectivity index is 1.72. The zero-order valence-corrected chi connectivity index (χ0v) is 12.1. The lowest BCUT2D eigenvalue weighted by Crippen LogP contribution is -2.47. The number of ether oxygens (including phenoxy) is 2. The van der Waals surface area contributed by atoms with E-state index in [2.05, 4.69) is 0 Å². The highest BCUT2D eigenvalue weighted by Crippen LogP contribution is 2.45. The Morgan fingerprint density at radius 1 is 1.11 bits per heavy atom. The highest BCUT2D eigenvalue weighted by atomic mass is 16.5. The van der Waals surface area contributed by atoms with Gasteiger partial charge in [-0.2, -0.15) is 0 Å². The predicted molar refractivity (Wildman–Crippen MR) is 73.1 cm³/mol. The van der Waals surface area contributed by atoms with Crippen molar-refractivity contribution in [3.8, 4) is 0 Å². The van der Waals surface area contributed by atoms with Crippen molar-refractivity contribution in [2.75, 3.05) is 13.7 Å². The Bertz CT molecular complexity index is 338. The van der Waals surface area contributed by atoms with Gasteiger partial charge in [0.1, 0.15) is 5.60 Å². The van der Waals surface area contributed by atoms with Gasteiger partial charge in [0.2, 0.25) is 0 Å². The van der Waals surface area contributed by atoms with Gasteiger partial charge in [-0.15, -0.1) is 0 Å². The van der Waals surface area contributed by atoms with Gasteiger partial charge in [-0.25, -0.2) is 0 Å². The first kappa shape index (κ1) is 13.6. The van der Waals surface area contributed by atoms with Gasteiger partial charge in [-0.3, -0.25) is 4.79 Å². The third-order valence-corrected chi connectivity index (χ3v) is 5.63. The van der Waals surface area contributed by atoms with E-state index in [-0.39, 0.29) is 11.5 Å². The first-order valence-corrected chi connectivity index (χ1v) is 7.93. The second kappa shape index (κ2) is 5.17. The number of carbonyl (C=O) groups is 1. The fourth-order valence-electron chi connectivity index (χ4n) is 4.49. The zero-order valence-electron chi connectivity index (χ0n) is 12.1. The van der Waals surface area contributed by atoms with Gasteiger partial charge in [0.25, 0.3) is 0 Å². The van der Waals surface area contributed by atoms with Crippen LogP contribution in [-0.4, -0.2) is 30.7 Å². The summed E-state index contributed by atoms with van der Waals surface area (Å²) in [6.07, 6.45) is 10.8. The van der Waals surface area contributed by atoms with Crippen LogP contribution in [0, 0.1) is 5.92 Å². The summed E-state index contributed by atoms with van der Waals surface area (Å²) in [6, 6.07) is 0. The van der Waals surface area contributed by atoms with Gasteiger partial charge >= 0.3 is 0 Å². The molecule has 3 heteroatoms. The molecule has 0 aromatic rings. The smallest absolute Gasteiger partial charge is 0.167 e. The van der Waals surface area contributed by atoms with Crippen molar-refractivity contribution in [1.82, 2.24) is 0 Å². The molecule has 0 N–H and O–H groups in total. The summed E-state index contributed by atoms with van der Waals surface area (Å²) < 4.78 is 11.7. The molecule has 19 heavy (non-hydrogen) atoms. The van der Waals surface area contributed by atoms with Crippen LogP contribution in [0.25, 0.3) is 0 Å². The highest BCUT2D eigenvalue weighted by Gasteiger charge is 2.48. The predicted octanol–water partition coefficient (Wildman–Crippen LogP) is 3.25. The van der Waals surface area contributed by atoms with Crippen LogP contribution in [0.4, 0.5) is 0 Å². The largest absolute Gasteiger partial charge is 0.375 e. The summed E-state index contributed by atoms with van der Waals surface area (Å²) in [5.41, 5.74) is -0.423. The molecule has 0 aromatic heterocycles. The van der Waals surface area contributed by atoms with Crippen molar-refractivity contribution in [2.45, 2.75) is 75.4 Å². The number of hydrogen-bond acceptors (Lipinski definition) is 3. The first-order chi connectivity index (χ1) is 9.20. The van der Waals surface area contributed by atoms with Crippen LogP contribution in [0.5, 0.6) is 0 Å². The molecule has 1 atom stereocenters. The Morgan fingerprint density at radius 3 is 2.37 bits per heavy atom. The fourth-order valence-corrected chi connectivity index (χ4v) is 4.49. The molecular weight excluding hydrogens is 240 g/mol. The highest BCUT2D eigenvalue weighted by molar-refractivity contribution is 5.90. The summed E-state index contributed by atoms with van der Waals surface area (Å²) in [5.74, 6) is 0.548. The third-order valence-electron chi connectivity index (χ3n) is 5.63. The monoisotopic (exact) mass is 266 g/mol. The summed E-state index contributed by atoms with van der Waals surface area (Å²) in [4.78, 5) is 12.9. The molecule has 0 bridgehead atoms. The molecule has 0 amide bonds. The molecule has 1 unspecified atom stereocenters. The van der Waals surface area contributed by atoms with Crippen LogP contribution in [0.15, 0.2) is 0 Å². The molecule has 2 saturated carbocycles. The van der Waals surface area contributed by atoms with E-state index in [1.165, 1.54) is 12.8 Å². The van der Waals surface area contributed by atoms with Crippen LogP contribution in [0.1, 0.15) is 64.2 Å². The van der Waals surface area contributed by atoms with E-state index in [1.54, 1.807) is 7.11 Å². The quantitative estimate of drug-likeness (QED) is 0.786. The van der Waals surface area contributed by atoms with Gasteiger partial charge < -0.3 is 9.47 Å². The number of Topliss-reactive ketones (excluding diaryl/α,β-unsaturated/α-hetero) is 1. The molecule has 1 heterocycles. The van der Waals surface area contributed by atoms with Crippen molar-refractivity contribution >= 4 is 5.78 Å².